The van der Waals surface area contributed by atoms with Crippen LogP contribution in [0, 0.1) is 0 Å². The van der Waals surface area contributed by atoms with E-state index in [0.29, 0.717) is 50.7 Å². The first-order valence-electron chi connectivity index (χ1n) is 24.8. The van der Waals surface area contributed by atoms with E-state index >= 15 is 0 Å². The fourth-order valence-corrected chi connectivity index (χ4v) is 11.8. The molecule has 15 nitrogen and oxygen atoms in total. The van der Waals surface area contributed by atoms with Crippen LogP contribution in [-0.2, 0) is 26.6 Å². The van der Waals surface area contributed by atoms with Crippen molar-refractivity contribution in [1.82, 2.24) is 23.6 Å². The number of fused-ring (bicyclic) bond motifs is 1. The van der Waals surface area contributed by atoms with Gasteiger partial charge in [-0.05, 0) is 121 Å². The van der Waals surface area contributed by atoms with E-state index in [1.165, 1.54) is 33.4 Å². The predicted octanol–water partition coefficient (Wildman–Crippen LogP) is 8.26. The standard InChI is InChI=1S/C24H21N3O2.C19H13BrN2O3S.C19H14N2O3S/c1-15-16-11-12-18(23-25-20-9-4-5-10-21(20)29-23)17-7-6-8-19(22(16)17)24(28)27(15)14-13-26(2)3;1-11-14-9-10-17(20)15-3-2-4-16(18(14)15)19(23)22(11)12-5-7-13(8-6-12)26(21,24)25;1-12-16-6-2-4-13-5-3-7-17(18(13)16)19(22)21(12)14-8-10-15(11-9-14)25(20,23)24/h4-12H,1,13-14H2,2-3H3;2-10H,1H2,(H2,21,24,25);2-11H,1H2,(H2,20,23,24). The lowest BCUT2D eigenvalue weighted by Crippen LogP contribution is -2.36. The van der Waals surface area contributed by atoms with Crippen LogP contribution in [0.25, 0.3) is 118 Å². The van der Waals surface area contributed by atoms with E-state index in [0.717, 1.165) is 81.5 Å². The maximum atomic E-state index is 13.2. The lowest BCUT2D eigenvalue weighted by atomic mass is 9.97. The van der Waals surface area contributed by atoms with E-state index < -0.39 is 20.0 Å². The van der Waals surface area contributed by atoms with Crippen molar-refractivity contribution in [2.24, 2.45) is 10.3 Å². The Labute approximate surface area is 465 Å². The maximum absolute atomic E-state index is 13.2. The highest BCUT2D eigenvalue weighted by Gasteiger charge is 2.19. The second-order valence-corrected chi connectivity index (χ2v) is 23.3. The summed E-state index contributed by atoms with van der Waals surface area (Å²) in [5.41, 5.74) is 3.09. The topological polar surface area (TPSA) is 216 Å². The van der Waals surface area contributed by atoms with Crippen molar-refractivity contribution in [2.75, 3.05) is 20.6 Å². The molecule has 0 radical (unpaired) electrons. The third-order valence-corrected chi connectivity index (χ3v) is 16.8. The number of likely N-dealkylation sites (N-methyl/N-ethyl adjacent to an activating group) is 1. The zero-order chi connectivity index (χ0) is 56.5. The van der Waals surface area contributed by atoms with Crippen molar-refractivity contribution < 1.29 is 21.3 Å². The fourth-order valence-electron chi connectivity index (χ4n) is 10.3. The Bertz CT molecular complexity index is 5090. The number of halogens is 1. The summed E-state index contributed by atoms with van der Waals surface area (Å²) in [6, 6.07) is 50.1. The zero-order valence-electron chi connectivity index (χ0n) is 43.1. The molecule has 4 N–H and O–H groups in total. The van der Waals surface area contributed by atoms with Gasteiger partial charge in [-0.3, -0.25) is 23.5 Å². The second kappa shape index (κ2) is 20.4. The van der Waals surface area contributed by atoms with Crippen molar-refractivity contribution in [3.8, 4) is 22.8 Å². The Kier molecular flexibility index (Phi) is 13.6. The number of hydrogen-bond acceptors (Lipinski definition) is 10. The summed E-state index contributed by atoms with van der Waals surface area (Å²) in [5.74, 6) is 0.558. The number of pyridine rings is 3. The van der Waals surface area contributed by atoms with Gasteiger partial charge in [0.25, 0.3) is 16.7 Å². The summed E-state index contributed by atoms with van der Waals surface area (Å²) in [6.07, 6.45) is 0. The molecule has 0 fully saturated rings. The second-order valence-electron chi connectivity index (χ2n) is 19.4. The SMILES string of the molecule is C=c1c2ccc(-c3nc4ccccc4o3)c3cccc(c(=O)n1CCN(C)C)c32.C=c1c2ccc(Br)c3cccc(c(=O)n1-c1ccc(S(N)(=O)=O)cc1)c32.C=c1c2cccc3cccc(c(=O)n1-c1ccc(S(N)(=O)=O)cc1)c32. The van der Waals surface area contributed by atoms with Crippen LogP contribution in [0.2, 0.25) is 0 Å². The van der Waals surface area contributed by atoms with Gasteiger partial charge in [-0.2, -0.15) is 0 Å². The molecule has 0 atom stereocenters. The highest BCUT2D eigenvalue weighted by molar-refractivity contribution is 9.10. The highest BCUT2D eigenvalue weighted by atomic mass is 79.9. The van der Waals surface area contributed by atoms with Crippen molar-refractivity contribution in [3.63, 3.8) is 0 Å². The van der Waals surface area contributed by atoms with Crippen LogP contribution in [0.1, 0.15) is 0 Å². The van der Waals surface area contributed by atoms with Gasteiger partial charge in [0, 0.05) is 99.0 Å². The molecule has 80 heavy (non-hydrogen) atoms. The molecular formula is C62H48BrN7O8S2. The number of benzene rings is 9. The number of nitrogens with two attached hydrogens (primary N) is 2. The van der Waals surface area contributed by atoms with Crippen LogP contribution in [-0.4, -0.2) is 61.1 Å². The normalized spacial score (nSPS) is 12.0. The first-order chi connectivity index (χ1) is 38.2. The van der Waals surface area contributed by atoms with E-state index in [1.807, 2.05) is 123 Å². The molecule has 0 aliphatic carbocycles. The summed E-state index contributed by atoms with van der Waals surface area (Å²) in [6.45, 7) is 13.8. The minimum absolute atomic E-state index is 0.00572. The molecule has 9 aromatic carbocycles. The van der Waals surface area contributed by atoms with Crippen LogP contribution in [0.15, 0.2) is 203 Å². The molecule has 0 spiro atoms. The van der Waals surface area contributed by atoms with Crippen LogP contribution >= 0.6 is 15.9 Å². The minimum Gasteiger partial charge on any atom is -0.436 e. The van der Waals surface area contributed by atoms with E-state index in [-0.39, 0.29) is 26.5 Å². The van der Waals surface area contributed by atoms with Crippen LogP contribution in [0.5, 0.6) is 0 Å². The number of primary sulfonamides is 2. The summed E-state index contributed by atoms with van der Waals surface area (Å²) >= 11 is 3.52. The van der Waals surface area contributed by atoms with Gasteiger partial charge in [0.2, 0.25) is 25.9 Å². The number of hydrogen-bond donors (Lipinski definition) is 2. The number of sulfonamides is 2. The van der Waals surface area contributed by atoms with Crippen LogP contribution in [0.3, 0.4) is 0 Å². The van der Waals surface area contributed by atoms with Gasteiger partial charge in [0.05, 0.1) is 9.79 Å². The summed E-state index contributed by atoms with van der Waals surface area (Å²) in [5, 5.41) is 22.2. The molecule has 4 aromatic heterocycles. The molecule has 398 valence electrons. The highest BCUT2D eigenvalue weighted by Crippen LogP contribution is 2.34. The Morgan fingerprint density at radius 3 is 1.54 bits per heavy atom. The third kappa shape index (κ3) is 9.36. The average Bonchev–Trinajstić information content (AvgIpc) is 3.97. The van der Waals surface area contributed by atoms with Crippen molar-refractivity contribution in [3.05, 3.63) is 221 Å². The monoisotopic (exact) mass is 1160 g/mol. The van der Waals surface area contributed by atoms with Crippen LogP contribution < -0.4 is 43.0 Å². The molecule has 0 unspecified atom stereocenters. The molecule has 0 amide bonds. The lowest BCUT2D eigenvalue weighted by molar-refractivity contribution is 0.379. The van der Waals surface area contributed by atoms with E-state index in [4.69, 9.17) is 14.7 Å². The number of oxazole rings is 1. The van der Waals surface area contributed by atoms with Gasteiger partial charge in [0.15, 0.2) is 5.58 Å². The minimum atomic E-state index is -3.79. The molecule has 0 aliphatic heterocycles. The first-order valence-corrected chi connectivity index (χ1v) is 28.7. The van der Waals surface area contributed by atoms with Gasteiger partial charge >= 0.3 is 0 Å². The summed E-state index contributed by atoms with van der Waals surface area (Å²) in [4.78, 5) is 46.0. The maximum Gasteiger partial charge on any atom is 0.263 e. The molecule has 0 bridgehead atoms. The predicted molar refractivity (Wildman–Crippen MR) is 324 cm³/mol. The third-order valence-electron chi connectivity index (χ3n) is 14.2. The van der Waals surface area contributed by atoms with Crippen molar-refractivity contribution >= 4 is 131 Å². The Morgan fingerprint density at radius 1 is 0.512 bits per heavy atom. The molecule has 13 aromatic rings. The summed E-state index contributed by atoms with van der Waals surface area (Å²) < 4.78 is 57.4. The Morgan fingerprint density at radius 2 is 0.975 bits per heavy atom. The van der Waals surface area contributed by atoms with Gasteiger partial charge in [-0.25, -0.2) is 32.1 Å². The molecular weight excluding hydrogens is 1110 g/mol. The van der Waals surface area contributed by atoms with E-state index in [2.05, 4.69) is 45.6 Å². The smallest absolute Gasteiger partial charge is 0.263 e. The molecule has 18 heteroatoms. The van der Waals surface area contributed by atoms with Crippen molar-refractivity contribution in [2.45, 2.75) is 16.3 Å². The fraction of sp³-hybridized carbons (Fsp3) is 0.0645. The van der Waals surface area contributed by atoms with Gasteiger partial charge in [-0.15, -0.1) is 0 Å². The number of nitrogens with zero attached hydrogens (tertiary/aromatic N) is 5. The Balaban J connectivity index is 0.000000127. The number of aromatic nitrogens is 4. The van der Waals surface area contributed by atoms with Crippen LogP contribution in [0.4, 0.5) is 0 Å². The van der Waals surface area contributed by atoms with Gasteiger partial charge < -0.3 is 13.9 Å². The number of para-hydroxylation sites is 2. The van der Waals surface area contributed by atoms with Gasteiger partial charge in [-0.1, -0.05) is 115 Å². The number of rotatable bonds is 8. The lowest BCUT2D eigenvalue weighted by Gasteiger charge is -2.16. The van der Waals surface area contributed by atoms with E-state index in [9.17, 15) is 31.2 Å². The Hall–Kier alpha value is -8.88. The molecule has 13 rings (SSSR count). The van der Waals surface area contributed by atoms with Gasteiger partial charge in [0.1, 0.15) is 5.52 Å². The first kappa shape index (κ1) is 53.1. The zero-order valence-corrected chi connectivity index (χ0v) is 46.3. The average molecular weight is 1160 g/mol. The van der Waals surface area contributed by atoms with Crippen molar-refractivity contribution in [1.29, 1.82) is 0 Å². The molecule has 4 heterocycles. The summed E-state index contributed by atoms with van der Waals surface area (Å²) in [7, 11) is -3.58. The molecule has 0 aliphatic rings. The molecule has 0 saturated heterocycles. The molecule has 0 saturated carbocycles. The largest absolute Gasteiger partial charge is 0.436 e. The quantitative estimate of drug-likeness (QED) is 0.149. The van der Waals surface area contributed by atoms with E-state index in [1.54, 1.807) is 41.0 Å².